The number of halogens is 4. The summed E-state index contributed by atoms with van der Waals surface area (Å²) in [6.07, 6.45) is 4.89. The Morgan fingerprint density at radius 3 is 1.91 bits per heavy atom. The molecule has 7 heteroatoms. The van der Waals surface area contributed by atoms with E-state index >= 15 is 0 Å². The number of aryl methyl sites for hydroxylation is 1. The van der Waals surface area contributed by atoms with Crippen molar-refractivity contribution in [2.24, 2.45) is 7.05 Å². The van der Waals surface area contributed by atoms with Crippen molar-refractivity contribution in [1.29, 1.82) is 0 Å². The molecular formula is C25H21BCl4N2. The highest BCUT2D eigenvalue weighted by atomic mass is 35.5. The average Bonchev–Trinajstić information content (AvgIpc) is 3.18. The molecule has 0 bridgehead atoms. The number of aromatic nitrogens is 2. The van der Waals surface area contributed by atoms with Crippen LogP contribution in [-0.2, 0) is 13.5 Å². The van der Waals surface area contributed by atoms with E-state index in [1.165, 1.54) is 0 Å². The summed E-state index contributed by atoms with van der Waals surface area (Å²) in [5.74, 6) is 1.02. The van der Waals surface area contributed by atoms with E-state index in [2.05, 4.69) is 4.98 Å². The minimum absolute atomic E-state index is 0.0393. The maximum absolute atomic E-state index is 6.20. The van der Waals surface area contributed by atoms with Crippen LogP contribution in [0.25, 0.3) is 0 Å². The first-order valence-electron chi connectivity index (χ1n) is 9.99. The largest absolute Gasteiger partial charge is 0.338 e. The molecule has 2 radical (unpaired) electrons. The van der Waals surface area contributed by atoms with Gasteiger partial charge in [0.1, 0.15) is 5.82 Å². The molecule has 1 aromatic heterocycles. The fourth-order valence-electron chi connectivity index (χ4n) is 3.34. The van der Waals surface area contributed by atoms with Crippen molar-refractivity contribution in [2.45, 2.75) is 18.7 Å². The van der Waals surface area contributed by atoms with Gasteiger partial charge in [0.25, 0.3) is 0 Å². The van der Waals surface area contributed by atoms with Crippen LogP contribution in [0.4, 0.5) is 0 Å². The topological polar surface area (TPSA) is 17.8 Å². The van der Waals surface area contributed by atoms with Crippen molar-refractivity contribution in [1.82, 2.24) is 9.55 Å². The highest BCUT2D eigenvalue weighted by Gasteiger charge is 2.16. The zero-order chi connectivity index (χ0) is 23.1. The molecule has 2 nitrogen and oxygen atoms in total. The summed E-state index contributed by atoms with van der Waals surface area (Å²) in [6.45, 7) is 0. The minimum atomic E-state index is 0.0393. The number of hydrogen-bond donors (Lipinski definition) is 0. The van der Waals surface area contributed by atoms with Crippen LogP contribution < -0.4 is 0 Å². The summed E-state index contributed by atoms with van der Waals surface area (Å²) < 4.78 is 1.98. The van der Waals surface area contributed by atoms with Crippen molar-refractivity contribution in [3.8, 4) is 0 Å². The second-order valence-electron chi connectivity index (χ2n) is 7.20. The van der Waals surface area contributed by atoms with Crippen LogP contribution in [0.3, 0.4) is 0 Å². The summed E-state index contributed by atoms with van der Waals surface area (Å²) in [7, 11) is 7.82. The lowest BCUT2D eigenvalue weighted by Gasteiger charge is -2.18. The second-order valence-corrected chi connectivity index (χ2v) is 8.86. The Kier molecular flexibility index (Phi) is 9.13. The first kappa shape index (κ1) is 24.7. The Morgan fingerprint density at radius 2 is 1.44 bits per heavy atom. The van der Waals surface area contributed by atoms with Gasteiger partial charge < -0.3 is 4.57 Å². The quantitative estimate of drug-likeness (QED) is 0.253. The lowest BCUT2D eigenvalue weighted by molar-refractivity contribution is 0.822. The second kappa shape index (κ2) is 11.8. The number of rotatable bonds is 5. The van der Waals surface area contributed by atoms with Crippen LogP contribution in [0.1, 0.15) is 28.4 Å². The summed E-state index contributed by atoms with van der Waals surface area (Å²) in [5.41, 5.74) is 3.07. The first-order valence-corrected chi connectivity index (χ1v) is 11.5. The number of hydrogen-bond acceptors (Lipinski definition) is 1. The molecule has 0 aliphatic carbocycles. The number of benzene rings is 3. The number of nitrogens with zero attached hydrogens (tertiary/aromatic N) is 2. The Hall–Kier alpha value is -1.91. The van der Waals surface area contributed by atoms with E-state index < -0.39 is 0 Å². The van der Waals surface area contributed by atoms with E-state index in [1.54, 1.807) is 12.3 Å². The molecule has 0 amide bonds. The smallest absolute Gasteiger partial charge is 0.112 e. The maximum Gasteiger partial charge on any atom is 0.112 e. The van der Waals surface area contributed by atoms with Gasteiger partial charge in [-0.25, -0.2) is 4.98 Å². The normalized spacial score (nSPS) is 10.7. The van der Waals surface area contributed by atoms with Crippen LogP contribution in [0, 0.1) is 0 Å². The van der Waals surface area contributed by atoms with E-state index in [4.69, 9.17) is 54.3 Å². The van der Waals surface area contributed by atoms with Crippen LogP contribution in [0.2, 0.25) is 26.4 Å². The summed E-state index contributed by atoms with van der Waals surface area (Å²) in [4.78, 5) is 4.25. The molecule has 0 unspecified atom stereocenters. The molecule has 0 aliphatic heterocycles. The van der Waals surface area contributed by atoms with Crippen LogP contribution in [0.5, 0.6) is 0 Å². The maximum atomic E-state index is 6.20. The Balaban J connectivity index is 0.000000182. The van der Waals surface area contributed by atoms with Gasteiger partial charge in [-0.3, -0.25) is 0 Å². The molecule has 0 saturated carbocycles. The van der Waals surface area contributed by atoms with Gasteiger partial charge in [-0.1, -0.05) is 95.2 Å². The molecule has 0 aliphatic rings. The van der Waals surface area contributed by atoms with Gasteiger partial charge in [-0.2, -0.15) is 0 Å². The molecule has 0 saturated heterocycles. The van der Waals surface area contributed by atoms with Gasteiger partial charge in [0.05, 0.1) is 7.85 Å². The third-order valence-corrected chi connectivity index (χ3v) is 6.36. The van der Waals surface area contributed by atoms with Crippen molar-refractivity contribution in [2.75, 3.05) is 0 Å². The lowest BCUT2D eigenvalue weighted by atomic mass is 9.81. The molecule has 1 heterocycles. The third kappa shape index (κ3) is 6.33. The van der Waals surface area contributed by atoms with Gasteiger partial charge in [0.2, 0.25) is 0 Å². The molecule has 0 N–H and O–H groups in total. The molecule has 4 rings (SSSR count). The van der Waals surface area contributed by atoms with E-state index in [-0.39, 0.29) is 5.92 Å². The molecule has 4 aromatic rings. The van der Waals surface area contributed by atoms with E-state index in [0.29, 0.717) is 16.4 Å². The van der Waals surface area contributed by atoms with E-state index in [1.807, 2.05) is 78.5 Å². The standard InChI is InChI=1S/C14H11BCl2.C11H10Cl2N2/c15-9-12(10-5-1-3-7-13(10)16)11-6-2-4-8-14(11)17;1-15-5-4-14-11(15)6-8-2-3-9(12)7-10(8)13/h1-8,12H,9H2;2-5,7H,6H2,1H3. The van der Waals surface area contributed by atoms with Crippen LogP contribution in [-0.4, -0.2) is 17.4 Å². The predicted molar refractivity (Wildman–Crippen MR) is 138 cm³/mol. The molecular weight excluding hydrogens is 481 g/mol. The van der Waals surface area contributed by atoms with Crippen molar-refractivity contribution in [3.05, 3.63) is 122 Å². The first-order chi connectivity index (χ1) is 15.4. The van der Waals surface area contributed by atoms with Crippen LogP contribution in [0.15, 0.2) is 79.1 Å². The Bertz CT molecular complexity index is 1130. The van der Waals surface area contributed by atoms with Gasteiger partial charge in [0, 0.05) is 51.9 Å². The van der Waals surface area contributed by atoms with E-state index in [9.17, 15) is 0 Å². The molecule has 3 aromatic carbocycles. The summed E-state index contributed by atoms with van der Waals surface area (Å²) >= 11 is 24.3. The molecule has 32 heavy (non-hydrogen) atoms. The van der Waals surface area contributed by atoms with Crippen molar-refractivity contribution >= 4 is 54.3 Å². The third-order valence-electron chi connectivity index (χ3n) is 5.08. The van der Waals surface area contributed by atoms with Crippen molar-refractivity contribution < 1.29 is 0 Å². The molecule has 0 spiro atoms. The van der Waals surface area contributed by atoms with Gasteiger partial charge >= 0.3 is 0 Å². The number of imidazole rings is 1. The fourth-order valence-corrected chi connectivity index (χ4v) is 4.35. The van der Waals surface area contributed by atoms with E-state index in [0.717, 1.165) is 39.0 Å². The summed E-state index contributed by atoms with van der Waals surface area (Å²) in [5, 5.41) is 2.79. The zero-order valence-electron chi connectivity index (χ0n) is 17.5. The molecule has 0 fully saturated rings. The fraction of sp³-hybridized carbons (Fsp3) is 0.160. The lowest BCUT2D eigenvalue weighted by Crippen LogP contribution is -2.02. The van der Waals surface area contributed by atoms with Gasteiger partial charge in [-0.05, 0) is 41.0 Å². The highest BCUT2D eigenvalue weighted by molar-refractivity contribution is 6.35. The highest BCUT2D eigenvalue weighted by Crippen LogP contribution is 2.35. The van der Waals surface area contributed by atoms with Crippen molar-refractivity contribution in [3.63, 3.8) is 0 Å². The molecule has 162 valence electrons. The van der Waals surface area contributed by atoms with Gasteiger partial charge in [-0.15, -0.1) is 0 Å². The average molecular weight is 502 g/mol. The monoisotopic (exact) mass is 500 g/mol. The zero-order valence-corrected chi connectivity index (χ0v) is 20.5. The summed E-state index contributed by atoms with van der Waals surface area (Å²) in [6, 6.07) is 21.0. The molecule has 0 atom stereocenters. The van der Waals surface area contributed by atoms with Gasteiger partial charge in [0.15, 0.2) is 0 Å². The Morgan fingerprint density at radius 1 is 0.844 bits per heavy atom. The predicted octanol–water partition coefficient (Wildman–Crippen LogP) is 8.03. The SMILES string of the molecule is Cn1ccnc1Cc1ccc(Cl)cc1Cl.[B]CC(c1ccccc1Cl)c1ccccc1Cl. The van der Waals surface area contributed by atoms with Crippen LogP contribution >= 0.6 is 46.4 Å². The minimum Gasteiger partial charge on any atom is -0.338 e. The Labute approximate surface area is 210 Å².